The first-order chi connectivity index (χ1) is 5.69. The van der Waals surface area contributed by atoms with Crippen molar-refractivity contribution in [1.29, 1.82) is 0 Å². The zero-order valence-corrected chi connectivity index (χ0v) is 7.64. The van der Waals surface area contributed by atoms with Crippen molar-refractivity contribution in [1.82, 2.24) is 0 Å². The van der Waals surface area contributed by atoms with E-state index in [4.69, 9.17) is 10.5 Å². The van der Waals surface area contributed by atoms with Gasteiger partial charge in [-0.25, -0.2) is 0 Å². The lowest BCUT2D eigenvalue weighted by molar-refractivity contribution is -0.146. The number of hydrogen-bond donors (Lipinski definition) is 1. The zero-order valence-electron chi connectivity index (χ0n) is 7.64. The van der Waals surface area contributed by atoms with Crippen LogP contribution in [-0.2, 0) is 9.53 Å². The lowest BCUT2D eigenvalue weighted by Crippen LogP contribution is -2.34. The number of hydrogen-bond acceptors (Lipinski definition) is 3. The molecular formula is C9H17NO2. The van der Waals surface area contributed by atoms with Crippen LogP contribution in [0.2, 0.25) is 0 Å². The average molecular weight is 171 g/mol. The molecule has 1 aliphatic carbocycles. The molecule has 0 amide bonds. The second-order valence-corrected chi connectivity index (χ2v) is 3.50. The van der Waals surface area contributed by atoms with Gasteiger partial charge in [0.05, 0.1) is 6.61 Å². The van der Waals surface area contributed by atoms with E-state index in [1.165, 1.54) is 0 Å². The van der Waals surface area contributed by atoms with Crippen LogP contribution in [0.25, 0.3) is 0 Å². The molecule has 0 atom stereocenters. The highest BCUT2D eigenvalue weighted by atomic mass is 16.5. The van der Waals surface area contributed by atoms with Crippen LogP contribution in [0.5, 0.6) is 0 Å². The van der Waals surface area contributed by atoms with Crippen LogP contribution in [-0.4, -0.2) is 18.1 Å². The summed E-state index contributed by atoms with van der Waals surface area (Å²) in [6, 6.07) is 0. The van der Waals surface area contributed by atoms with Crippen molar-refractivity contribution in [2.75, 3.05) is 6.61 Å². The van der Waals surface area contributed by atoms with Crippen molar-refractivity contribution < 1.29 is 9.53 Å². The van der Waals surface area contributed by atoms with E-state index in [9.17, 15) is 4.79 Å². The Hall–Kier alpha value is -0.570. The maximum absolute atomic E-state index is 11.1. The number of carbonyl (C=O) groups excluding carboxylic acids is 1. The number of nitrogens with two attached hydrogens (primary N) is 1. The molecule has 0 aromatic carbocycles. The number of esters is 1. The van der Waals surface area contributed by atoms with Gasteiger partial charge in [-0.15, -0.1) is 0 Å². The Morgan fingerprint density at radius 1 is 1.50 bits per heavy atom. The quantitative estimate of drug-likeness (QED) is 0.499. The molecule has 1 aliphatic rings. The van der Waals surface area contributed by atoms with E-state index in [-0.39, 0.29) is 5.97 Å². The van der Waals surface area contributed by atoms with Crippen LogP contribution in [0.4, 0.5) is 0 Å². The molecule has 0 bridgehead atoms. The molecule has 3 heteroatoms. The van der Waals surface area contributed by atoms with Gasteiger partial charge in [0.25, 0.3) is 0 Å². The molecule has 3 nitrogen and oxygen atoms in total. The zero-order chi connectivity index (χ0) is 9.03. The number of unbranched alkanes of at least 4 members (excludes halogenated alkanes) is 2. The first-order valence-corrected chi connectivity index (χ1v) is 4.65. The van der Waals surface area contributed by atoms with Gasteiger partial charge >= 0.3 is 5.97 Å². The largest absolute Gasteiger partial charge is 0.464 e. The molecule has 0 unspecified atom stereocenters. The van der Waals surface area contributed by atoms with Gasteiger partial charge < -0.3 is 10.5 Å². The molecule has 2 N–H and O–H groups in total. The molecule has 0 spiro atoms. The molecule has 1 fully saturated rings. The minimum atomic E-state index is -0.605. The van der Waals surface area contributed by atoms with Gasteiger partial charge in [-0.05, 0) is 19.3 Å². The Labute approximate surface area is 73.3 Å². The molecule has 12 heavy (non-hydrogen) atoms. The van der Waals surface area contributed by atoms with Gasteiger partial charge in [0, 0.05) is 0 Å². The first kappa shape index (κ1) is 9.52. The van der Waals surface area contributed by atoms with E-state index in [0.717, 1.165) is 32.1 Å². The highest BCUT2D eigenvalue weighted by Crippen LogP contribution is 2.33. The standard InChI is InChI=1S/C9H17NO2/c1-2-3-4-7-12-8(11)9(10)5-6-9/h2-7,10H2,1H3. The minimum Gasteiger partial charge on any atom is -0.464 e. The number of carbonyl (C=O) groups is 1. The van der Waals surface area contributed by atoms with Gasteiger partial charge in [-0.2, -0.15) is 0 Å². The van der Waals surface area contributed by atoms with Crippen LogP contribution in [0.3, 0.4) is 0 Å². The number of ether oxygens (including phenoxy) is 1. The van der Waals surface area contributed by atoms with Crippen molar-refractivity contribution in [3.63, 3.8) is 0 Å². The Kier molecular flexibility index (Phi) is 3.09. The Morgan fingerprint density at radius 3 is 2.67 bits per heavy atom. The highest BCUT2D eigenvalue weighted by Gasteiger charge is 2.47. The lowest BCUT2D eigenvalue weighted by Gasteiger charge is -2.08. The van der Waals surface area contributed by atoms with E-state index in [2.05, 4.69) is 6.92 Å². The summed E-state index contributed by atoms with van der Waals surface area (Å²) in [6.45, 7) is 2.65. The molecule has 0 heterocycles. The third-order valence-corrected chi connectivity index (χ3v) is 2.18. The second kappa shape index (κ2) is 3.90. The van der Waals surface area contributed by atoms with Crippen molar-refractivity contribution in [3.05, 3.63) is 0 Å². The fourth-order valence-electron chi connectivity index (χ4n) is 0.999. The summed E-state index contributed by atoms with van der Waals surface area (Å²) >= 11 is 0. The lowest BCUT2D eigenvalue weighted by atomic mass is 10.2. The third kappa shape index (κ3) is 2.48. The van der Waals surface area contributed by atoms with Crippen LogP contribution in [0.15, 0.2) is 0 Å². The Balaban J connectivity index is 2.03. The highest BCUT2D eigenvalue weighted by molar-refractivity contribution is 5.83. The van der Waals surface area contributed by atoms with Gasteiger partial charge in [0.15, 0.2) is 0 Å². The molecule has 0 radical (unpaired) electrons. The van der Waals surface area contributed by atoms with Crippen LogP contribution in [0.1, 0.15) is 39.0 Å². The van der Waals surface area contributed by atoms with Gasteiger partial charge in [0.1, 0.15) is 5.54 Å². The monoisotopic (exact) mass is 171 g/mol. The van der Waals surface area contributed by atoms with Crippen LogP contribution in [0, 0.1) is 0 Å². The van der Waals surface area contributed by atoms with Gasteiger partial charge in [0.2, 0.25) is 0 Å². The van der Waals surface area contributed by atoms with E-state index in [0.29, 0.717) is 6.61 Å². The van der Waals surface area contributed by atoms with E-state index >= 15 is 0 Å². The summed E-state index contributed by atoms with van der Waals surface area (Å²) in [5.74, 6) is -0.210. The molecule has 70 valence electrons. The maximum atomic E-state index is 11.1. The molecule has 1 rings (SSSR count). The Bertz CT molecular complexity index is 164. The van der Waals surface area contributed by atoms with Crippen molar-refractivity contribution in [2.24, 2.45) is 5.73 Å². The van der Waals surface area contributed by atoms with E-state index < -0.39 is 5.54 Å². The maximum Gasteiger partial charge on any atom is 0.326 e. The fraction of sp³-hybridized carbons (Fsp3) is 0.889. The van der Waals surface area contributed by atoms with Crippen molar-refractivity contribution >= 4 is 5.97 Å². The predicted molar refractivity (Wildman–Crippen MR) is 46.6 cm³/mol. The fourth-order valence-corrected chi connectivity index (χ4v) is 0.999. The summed E-state index contributed by atoms with van der Waals surface area (Å²) in [5.41, 5.74) is 5.03. The van der Waals surface area contributed by atoms with Crippen LogP contribution >= 0.6 is 0 Å². The van der Waals surface area contributed by atoms with E-state index in [1.807, 2.05) is 0 Å². The van der Waals surface area contributed by atoms with E-state index in [1.54, 1.807) is 0 Å². The number of rotatable bonds is 5. The molecule has 0 aliphatic heterocycles. The summed E-state index contributed by atoms with van der Waals surface area (Å²) < 4.78 is 5.01. The van der Waals surface area contributed by atoms with Crippen LogP contribution < -0.4 is 5.73 Å². The normalized spacial score (nSPS) is 18.8. The molecule has 0 aromatic rings. The van der Waals surface area contributed by atoms with Gasteiger partial charge in [-0.3, -0.25) is 4.79 Å². The molecule has 0 aromatic heterocycles. The molecule has 1 saturated carbocycles. The first-order valence-electron chi connectivity index (χ1n) is 4.65. The van der Waals surface area contributed by atoms with Gasteiger partial charge in [-0.1, -0.05) is 19.8 Å². The summed E-state index contributed by atoms with van der Waals surface area (Å²) in [5, 5.41) is 0. The minimum absolute atomic E-state index is 0.210. The Morgan fingerprint density at radius 2 is 2.17 bits per heavy atom. The smallest absolute Gasteiger partial charge is 0.326 e. The summed E-state index contributed by atoms with van der Waals surface area (Å²) in [4.78, 5) is 11.1. The average Bonchev–Trinajstić information content (AvgIpc) is 2.78. The second-order valence-electron chi connectivity index (χ2n) is 3.50. The third-order valence-electron chi connectivity index (χ3n) is 2.18. The van der Waals surface area contributed by atoms with Crippen molar-refractivity contribution in [2.45, 2.75) is 44.6 Å². The summed E-state index contributed by atoms with van der Waals surface area (Å²) in [6.07, 6.45) is 4.80. The summed E-state index contributed by atoms with van der Waals surface area (Å²) in [7, 11) is 0. The molecular weight excluding hydrogens is 154 g/mol. The topological polar surface area (TPSA) is 52.3 Å². The predicted octanol–water partition coefficient (Wildman–Crippen LogP) is 1.21. The molecule has 0 saturated heterocycles. The van der Waals surface area contributed by atoms with Crippen molar-refractivity contribution in [3.8, 4) is 0 Å². The SMILES string of the molecule is CCCCCOC(=O)C1(N)CC1.